The van der Waals surface area contributed by atoms with E-state index in [1.54, 1.807) is 0 Å². The fourth-order valence-electron chi connectivity index (χ4n) is 0.880. The van der Waals surface area contributed by atoms with Crippen LogP contribution >= 0.6 is 15.9 Å². The molecule has 0 aliphatic carbocycles. The highest BCUT2D eigenvalue weighted by Crippen LogP contribution is 2.24. The van der Waals surface area contributed by atoms with Crippen LogP contribution in [-0.2, 0) is 0 Å². The minimum Gasteiger partial charge on any atom is -0.496 e. The van der Waals surface area contributed by atoms with E-state index in [0.717, 1.165) is 12.1 Å². The van der Waals surface area contributed by atoms with E-state index in [1.807, 2.05) is 0 Å². The van der Waals surface area contributed by atoms with Gasteiger partial charge in [-0.1, -0.05) is 6.07 Å². The lowest BCUT2D eigenvalue weighted by Crippen LogP contribution is -2.33. The second-order valence-electron chi connectivity index (χ2n) is 2.47. The molecule has 0 spiro atoms. The van der Waals surface area contributed by atoms with E-state index in [2.05, 4.69) is 15.9 Å². The number of ether oxygens (including phenoxy) is 1. The Labute approximate surface area is 82.1 Å². The number of hydrogen-bond donors (Lipinski definition) is 0. The average molecular weight is 254 g/mol. The lowest BCUT2D eigenvalue weighted by atomic mass is 9.80. The second-order valence-corrected chi connectivity index (χ2v) is 3.32. The zero-order chi connectivity index (χ0) is 10.1. The van der Waals surface area contributed by atoms with E-state index in [-0.39, 0.29) is 5.75 Å². The molecule has 0 atom stereocenters. The lowest BCUT2D eigenvalue weighted by Gasteiger charge is -2.16. The van der Waals surface area contributed by atoms with Gasteiger partial charge in [-0.25, -0.2) is 0 Å². The van der Waals surface area contributed by atoms with Gasteiger partial charge in [0.05, 0.1) is 11.6 Å². The van der Waals surface area contributed by atoms with Gasteiger partial charge in [-0.3, -0.25) is 0 Å². The Hall–Kier alpha value is -0.645. The van der Waals surface area contributed by atoms with Crippen LogP contribution in [0.3, 0.4) is 0 Å². The average Bonchev–Trinajstić information content (AvgIpc) is 2.03. The third kappa shape index (κ3) is 2.40. The Morgan fingerprint density at radius 1 is 1.31 bits per heavy atom. The molecule has 72 valence electrons. The number of methoxy groups -OCH3 is 1. The Morgan fingerprint density at radius 3 is 2.38 bits per heavy atom. The van der Waals surface area contributed by atoms with Crippen molar-refractivity contribution in [3.05, 3.63) is 22.7 Å². The summed E-state index contributed by atoms with van der Waals surface area (Å²) in [6.07, 6.45) is 0. The zero-order valence-electron chi connectivity index (χ0n) is 6.73. The molecule has 0 saturated heterocycles. The molecule has 0 radical (unpaired) electrons. The fourth-order valence-corrected chi connectivity index (χ4v) is 1.29. The van der Waals surface area contributed by atoms with Gasteiger partial charge in [-0.15, -0.1) is 5.46 Å². The van der Waals surface area contributed by atoms with Gasteiger partial charge < -0.3 is 17.7 Å². The SMILES string of the molecule is COc1cc([B-](F)(F)F)ccc1Br. The minimum absolute atomic E-state index is 0.191. The highest BCUT2D eigenvalue weighted by atomic mass is 79.9. The van der Waals surface area contributed by atoms with Crippen LogP contribution < -0.4 is 10.2 Å². The first-order valence-electron chi connectivity index (χ1n) is 3.48. The normalized spacial score (nSPS) is 11.5. The van der Waals surface area contributed by atoms with Crippen molar-refractivity contribution < 1.29 is 17.7 Å². The summed E-state index contributed by atoms with van der Waals surface area (Å²) in [5.74, 6) is 0.191. The summed E-state index contributed by atoms with van der Waals surface area (Å²) in [7, 11) is 1.33. The molecule has 0 N–H and O–H groups in total. The van der Waals surface area contributed by atoms with Gasteiger partial charge in [0.25, 0.3) is 0 Å². The highest BCUT2D eigenvalue weighted by Gasteiger charge is 2.26. The third-order valence-electron chi connectivity index (χ3n) is 1.55. The summed E-state index contributed by atoms with van der Waals surface area (Å²) in [5.41, 5.74) is -0.653. The maximum absolute atomic E-state index is 12.2. The number of hydrogen-bond acceptors (Lipinski definition) is 1. The van der Waals surface area contributed by atoms with Crippen molar-refractivity contribution >= 4 is 28.4 Å². The molecule has 0 aliphatic rings. The predicted octanol–water partition coefficient (Wildman–Crippen LogP) is 2.51. The number of halogens is 4. The molecule has 6 heteroatoms. The van der Waals surface area contributed by atoms with Gasteiger partial charge in [0.15, 0.2) is 0 Å². The summed E-state index contributed by atoms with van der Waals surface area (Å²) < 4.78 is 41.9. The monoisotopic (exact) mass is 253 g/mol. The summed E-state index contributed by atoms with van der Waals surface area (Å²) in [6, 6.07) is 3.32. The molecule has 1 rings (SSSR count). The van der Waals surface area contributed by atoms with Gasteiger partial charge in [-0.05, 0) is 28.1 Å². The third-order valence-corrected chi connectivity index (χ3v) is 2.21. The Kier molecular flexibility index (Phi) is 2.90. The van der Waals surface area contributed by atoms with Crippen LogP contribution in [0.15, 0.2) is 22.7 Å². The largest absolute Gasteiger partial charge is 0.509 e. The topological polar surface area (TPSA) is 9.23 Å². The van der Waals surface area contributed by atoms with Crippen molar-refractivity contribution in [1.82, 2.24) is 0 Å². The van der Waals surface area contributed by atoms with Gasteiger partial charge >= 0.3 is 6.98 Å². The molecular weight excluding hydrogens is 248 g/mol. The first-order chi connectivity index (χ1) is 5.95. The van der Waals surface area contributed by atoms with Crippen LogP contribution in [-0.4, -0.2) is 14.1 Å². The van der Waals surface area contributed by atoms with Crippen LogP contribution in [0, 0.1) is 0 Å². The lowest BCUT2D eigenvalue weighted by molar-refractivity contribution is 0.412. The molecule has 0 fully saturated rings. The summed E-state index contributed by atoms with van der Waals surface area (Å²) in [4.78, 5) is 0. The first-order valence-corrected chi connectivity index (χ1v) is 4.28. The van der Waals surface area contributed by atoms with Crippen molar-refractivity contribution in [2.45, 2.75) is 0 Å². The number of rotatable bonds is 2. The van der Waals surface area contributed by atoms with Crippen LogP contribution in [0.4, 0.5) is 12.9 Å². The Balaban J connectivity index is 3.14. The van der Waals surface area contributed by atoms with E-state index in [1.165, 1.54) is 13.2 Å². The minimum atomic E-state index is -4.95. The van der Waals surface area contributed by atoms with Crippen molar-refractivity contribution in [2.75, 3.05) is 7.11 Å². The second kappa shape index (κ2) is 3.61. The van der Waals surface area contributed by atoms with E-state index in [0.29, 0.717) is 4.47 Å². The maximum Gasteiger partial charge on any atom is 0.509 e. The molecule has 1 nitrogen and oxygen atoms in total. The van der Waals surface area contributed by atoms with Crippen LogP contribution in [0.2, 0.25) is 0 Å². The van der Waals surface area contributed by atoms with E-state index in [4.69, 9.17) is 4.74 Å². The maximum atomic E-state index is 12.2. The summed E-state index contributed by atoms with van der Waals surface area (Å²) in [6.45, 7) is -4.95. The quantitative estimate of drug-likeness (QED) is 0.736. The standard InChI is InChI=1S/C7H6BBrF3O/c1-13-7-4-5(8(10,11)12)2-3-6(7)9/h2-4H,1H3/q-1. The molecule has 0 heterocycles. The van der Waals surface area contributed by atoms with E-state index >= 15 is 0 Å². The molecule has 0 bridgehead atoms. The van der Waals surface area contributed by atoms with Crippen LogP contribution in [0.5, 0.6) is 5.75 Å². The van der Waals surface area contributed by atoms with Crippen molar-refractivity contribution in [2.24, 2.45) is 0 Å². The molecule has 1 aromatic carbocycles. The summed E-state index contributed by atoms with van der Waals surface area (Å²) in [5, 5.41) is 0. The highest BCUT2D eigenvalue weighted by molar-refractivity contribution is 9.10. The van der Waals surface area contributed by atoms with Gasteiger partial charge in [0.2, 0.25) is 0 Å². The first kappa shape index (κ1) is 10.4. The molecule has 0 amide bonds. The molecule has 1 aromatic rings. The van der Waals surface area contributed by atoms with Crippen LogP contribution in [0.1, 0.15) is 0 Å². The molecule has 13 heavy (non-hydrogen) atoms. The molecule has 0 aromatic heterocycles. The smallest absolute Gasteiger partial charge is 0.496 e. The number of benzene rings is 1. The zero-order valence-corrected chi connectivity index (χ0v) is 8.32. The van der Waals surface area contributed by atoms with Crippen LogP contribution in [0.25, 0.3) is 0 Å². The predicted molar refractivity (Wildman–Crippen MR) is 49.4 cm³/mol. The Bertz CT molecular complexity index is 313. The Morgan fingerprint density at radius 2 is 1.92 bits per heavy atom. The van der Waals surface area contributed by atoms with Gasteiger partial charge in [-0.2, -0.15) is 0 Å². The fraction of sp³-hybridized carbons (Fsp3) is 0.143. The van der Waals surface area contributed by atoms with Gasteiger partial charge in [0, 0.05) is 0 Å². The van der Waals surface area contributed by atoms with Gasteiger partial charge in [0.1, 0.15) is 5.75 Å². The van der Waals surface area contributed by atoms with Crippen molar-refractivity contribution in [3.63, 3.8) is 0 Å². The van der Waals surface area contributed by atoms with E-state index in [9.17, 15) is 12.9 Å². The molecular formula is C7H6BBrF3O-. The van der Waals surface area contributed by atoms with Crippen molar-refractivity contribution in [1.29, 1.82) is 0 Å². The molecule has 0 aliphatic heterocycles. The van der Waals surface area contributed by atoms with E-state index < -0.39 is 12.4 Å². The van der Waals surface area contributed by atoms with Crippen molar-refractivity contribution in [3.8, 4) is 5.75 Å². The molecule has 0 unspecified atom stereocenters. The molecule has 0 saturated carbocycles. The summed E-state index contributed by atoms with van der Waals surface area (Å²) >= 11 is 3.07.